The van der Waals surface area contributed by atoms with E-state index in [0.29, 0.717) is 18.6 Å². The van der Waals surface area contributed by atoms with Gasteiger partial charge in [0.15, 0.2) is 0 Å². The quantitative estimate of drug-likeness (QED) is 0.623. The summed E-state index contributed by atoms with van der Waals surface area (Å²) in [4.78, 5) is 11.1. The number of carbonyl (C=O) groups excluding carboxylic acids is 1. The van der Waals surface area contributed by atoms with Crippen LogP contribution >= 0.6 is 0 Å². The molecule has 0 unspecified atom stereocenters. The first-order valence-corrected chi connectivity index (χ1v) is 5.06. The Morgan fingerprint density at radius 3 is 2.69 bits per heavy atom. The van der Waals surface area contributed by atoms with E-state index in [-0.39, 0.29) is 5.97 Å². The van der Waals surface area contributed by atoms with Gasteiger partial charge in [0.05, 0.1) is 19.3 Å². The first-order valence-electron chi connectivity index (χ1n) is 5.06. The van der Waals surface area contributed by atoms with Crippen LogP contribution in [0, 0.1) is 0 Å². The van der Waals surface area contributed by atoms with Gasteiger partial charge in [-0.3, -0.25) is 0 Å². The smallest absolute Gasteiger partial charge is 0.335 e. The van der Waals surface area contributed by atoms with Crippen LogP contribution in [0.1, 0.15) is 6.42 Å². The first-order chi connectivity index (χ1) is 7.79. The van der Waals surface area contributed by atoms with Crippen LogP contribution in [0.15, 0.2) is 36.0 Å². The predicted molar refractivity (Wildman–Crippen MR) is 60.3 cm³/mol. The van der Waals surface area contributed by atoms with Gasteiger partial charge in [0.2, 0.25) is 0 Å². The van der Waals surface area contributed by atoms with Crippen molar-refractivity contribution in [2.24, 2.45) is 0 Å². The maximum absolute atomic E-state index is 11.1. The molecule has 1 heterocycles. The van der Waals surface area contributed by atoms with E-state index >= 15 is 0 Å². The van der Waals surface area contributed by atoms with Crippen molar-refractivity contribution in [3.8, 4) is 5.75 Å². The van der Waals surface area contributed by atoms with Crippen molar-refractivity contribution in [2.45, 2.75) is 6.42 Å². The number of cyclic esters (lactones) is 1. The normalized spacial score (nSPS) is 17.3. The predicted octanol–water partition coefficient (Wildman–Crippen LogP) is 1.94. The lowest BCUT2D eigenvalue weighted by atomic mass is 10.2. The van der Waals surface area contributed by atoms with Gasteiger partial charge in [-0.25, -0.2) is 4.79 Å². The summed E-state index contributed by atoms with van der Waals surface area (Å²) in [5, 5.41) is 3.05. The molecule has 4 heteroatoms. The SMILES string of the molecule is COc1ccc(N/C=C2/CCOC2=O)cc1. The maximum atomic E-state index is 11.1. The molecular weight excluding hydrogens is 206 g/mol. The minimum atomic E-state index is -0.235. The largest absolute Gasteiger partial charge is 0.497 e. The molecule has 0 atom stereocenters. The van der Waals surface area contributed by atoms with Crippen LogP contribution in [-0.2, 0) is 9.53 Å². The molecule has 16 heavy (non-hydrogen) atoms. The zero-order chi connectivity index (χ0) is 11.4. The van der Waals surface area contributed by atoms with Gasteiger partial charge in [0, 0.05) is 18.3 Å². The van der Waals surface area contributed by atoms with E-state index in [2.05, 4.69) is 5.32 Å². The molecule has 1 fully saturated rings. The topological polar surface area (TPSA) is 47.6 Å². The van der Waals surface area contributed by atoms with E-state index in [9.17, 15) is 4.79 Å². The molecule has 1 aromatic rings. The number of methoxy groups -OCH3 is 1. The lowest BCUT2D eigenvalue weighted by Crippen LogP contribution is -1.98. The molecule has 0 bridgehead atoms. The molecule has 2 rings (SSSR count). The Hall–Kier alpha value is -1.97. The second-order valence-corrected chi connectivity index (χ2v) is 3.43. The Balaban J connectivity index is 2.01. The number of hydrogen-bond donors (Lipinski definition) is 1. The van der Waals surface area contributed by atoms with E-state index < -0.39 is 0 Å². The van der Waals surface area contributed by atoms with Crippen molar-refractivity contribution in [1.29, 1.82) is 0 Å². The van der Waals surface area contributed by atoms with Gasteiger partial charge in [-0.15, -0.1) is 0 Å². The summed E-state index contributed by atoms with van der Waals surface area (Å²) >= 11 is 0. The lowest BCUT2D eigenvalue weighted by Gasteiger charge is -2.03. The van der Waals surface area contributed by atoms with E-state index in [0.717, 1.165) is 11.4 Å². The second-order valence-electron chi connectivity index (χ2n) is 3.43. The summed E-state index contributed by atoms with van der Waals surface area (Å²) in [6.07, 6.45) is 2.36. The number of benzene rings is 1. The number of nitrogens with one attached hydrogen (secondary N) is 1. The van der Waals surface area contributed by atoms with Crippen LogP contribution in [0.5, 0.6) is 5.75 Å². The van der Waals surface area contributed by atoms with Crippen LogP contribution in [0.4, 0.5) is 5.69 Å². The fourth-order valence-corrected chi connectivity index (χ4v) is 1.44. The van der Waals surface area contributed by atoms with Gasteiger partial charge < -0.3 is 14.8 Å². The number of rotatable bonds is 3. The Bertz CT molecular complexity index is 409. The van der Waals surface area contributed by atoms with Crippen molar-refractivity contribution < 1.29 is 14.3 Å². The highest BCUT2D eigenvalue weighted by Gasteiger charge is 2.17. The molecule has 84 valence electrons. The number of ether oxygens (including phenoxy) is 2. The summed E-state index contributed by atoms with van der Waals surface area (Å²) in [5.74, 6) is 0.569. The molecule has 1 N–H and O–H groups in total. The van der Waals surface area contributed by atoms with Crippen molar-refractivity contribution in [3.05, 3.63) is 36.0 Å². The minimum absolute atomic E-state index is 0.235. The highest BCUT2D eigenvalue weighted by atomic mass is 16.5. The standard InChI is InChI=1S/C12H13NO3/c1-15-11-4-2-10(3-5-11)13-8-9-6-7-16-12(9)14/h2-5,8,13H,6-7H2,1H3/b9-8-. The van der Waals surface area contributed by atoms with Crippen LogP contribution in [0.25, 0.3) is 0 Å². The first kappa shape index (κ1) is 10.5. The van der Waals surface area contributed by atoms with Gasteiger partial charge in [0.1, 0.15) is 5.75 Å². The molecule has 0 amide bonds. The Kier molecular flexibility index (Phi) is 3.10. The third-order valence-electron chi connectivity index (χ3n) is 2.37. The minimum Gasteiger partial charge on any atom is -0.497 e. The summed E-state index contributed by atoms with van der Waals surface area (Å²) in [7, 11) is 1.62. The number of carbonyl (C=O) groups is 1. The van der Waals surface area contributed by atoms with Gasteiger partial charge >= 0.3 is 5.97 Å². The van der Waals surface area contributed by atoms with E-state index in [1.165, 1.54) is 0 Å². The van der Waals surface area contributed by atoms with Crippen molar-refractivity contribution in [2.75, 3.05) is 19.0 Å². The van der Waals surface area contributed by atoms with Crippen LogP contribution in [-0.4, -0.2) is 19.7 Å². The molecule has 1 aromatic carbocycles. The monoisotopic (exact) mass is 219 g/mol. The Morgan fingerprint density at radius 2 is 2.12 bits per heavy atom. The molecule has 0 aliphatic carbocycles. The second kappa shape index (κ2) is 4.70. The van der Waals surface area contributed by atoms with E-state index in [1.54, 1.807) is 13.3 Å². The summed E-state index contributed by atoms with van der Waals surface area (Å²) in [5.41, 5.74) is 1.59. The fourth-order valence-electron chi connectivity index (χ4n) is 1.44. The van der Waals surface area contributed by atoms with Crippen LogP contribution < -0.4 is 10.1 Å². The highest BCUT2D eigenvalue weighted by Crippen LogP contribution is 2.17. The molecule has 0 aromatic heterocycles. The lowest BCUT2D eigenvalue weighted by molar-refractivity contribution is -0.135. The number of anilines is 1. The van der Waals surface area contributed by atoms with E-state index in [1.807, 2.05) is 24.3 Å². The van der Waals surface area contributed by atoms with Crippen LogP contribution in [0.2, 0.25) is 0 Å². The third-order valence-corrected chi connectivity index (χ3v) is 2.37. The molecular formula is C12H13NO3. The van der Waals surface area contributed by atoms with Crippen molar-refractivity contribution in [1.82, 2.24) is 0 Å². The molecule has 0 spiro atoms. The molecule has 4 nitrogen and oxygen atoms in total. The Labute approximate surface area is 93.9 Å². The van der Waals surface area contributed by atoms with Crippen molar-refractivity contribution >= 4 is 11.7 Å². The Morgan fingerprint density at radius 1 is 1.38 bits per heavy atom. The average molecular weight is 219 g/mol. The average Bonchev–Trinajstić information content (AvgIpc) is 2.73. The van der Waals surface area contributed by atoms with Gasteiger partial charge in [-0.2, -0.15) is 0 Å². The summed E-state index contributed by atoms with van der Waals surface area (Å²) in [6, 6.07) is 7.48. The van der Waals surface area contributed by atoms with Gasteiger partial charge in [0.25, 0.3) is 0 Å². The molecule has 0 radical (unpaired) electrons. The third kappa shape index (κ3) is 2.34. The fraction of sp³-hybridized carbons (Fsp3) is 0.250. The summed E-state index contributed by atoms with van der Waals surface area (Å²) < 4.78 is 9.87. The summed E-state index contributed by atoms with van der Waals surface area (Å²) in [6.45, 7) is 0.481. The molecule has 1 aliphatic heterocycles. The molecule has 1 aliphatic rings. The number of esters is 1. The molecule has 1 saturated heterocycles. The van der Waals surface area contributed by atoms with E-state index in [4.69, 9.17) is 9.47 Å². The van der Waals surface area contributed by atoms with Gasteiger partial charge in [-0.05, 0) is 24.3 Å². The number of hydrogen-bond acceptors (Lipinski definition) is 4. The van der Waals surface area contributed by atoms with Gasteiger partial charge in [-0.1, -0.05) is 0 Å². The zero-order valence-corrected chi connectivity index (χ0v) is 9.03. The van der Waals surface area contributed by atoms with Crippen LogP contribution in [0.3, 0.4) is 0 Å². The van der Waals surface area contributed by atoms with Crippen molar-refractivity contribution in [3.63, 3.8) is 0 Å². The highest BCUT2D eigenvalue weighted by molar-refractivity contribution is 5.90. The zero-order valence-electron chi connectivity index (χ0n) is 9.03. The maximum Gasteiger partial charge on any atom is 0.335 e. The molecule has 0 saturated carbocycles.